The molecule has 3 N–H and O–H groups in total. The number of likely N-dealkylation sites (tertiary alicyclic amines) is 1. The number of aliphatic hydroxyl groups excluding tert-OH is 1. The Labute approximate surface area is 140 Å². The van der Waals surface area contributed by atoms with Crippen LogP contribution >= 0.6 is 0 Å². The molecule has 3 rings (SSSR count). The van der Waals surface area contributed by atoms with Crippen LogP contribution in [0.5, 0.6) is 5.75 Å². The van der Waals surface area contributed by atoms with Crippen LogP contribution in [-0.2, 0) is 11.3 Å². The minimum Gasteiger partial charge on any atom is -0.496 e. The molecule has 6 heteroatoms. The van der Waals surface area contributed by atoms with Gasteiger partial charge in [0.25, 0.3) is 0 Å². The van der Waals surface area contributed by atoms with Crippen molar-refractivity contribution < 1.29 is 19.8 Å². The van der Waals surface area contributed by atoms with Crippen molar-refractivity contribution in [1.82, 2.24) is 4.90 Å². The van der Waals surface area contributed by atoms with Gasteiger partial charge in [-0.05, 0) is 35.4 Å². The molecule has 1 fully saturated rings. The lowest BCUT2D eigenvalue weighted by Crippen LogP contribution is -2.25. The first kappa shape index (κ1) is 16.3. The van der Waals surface area contributed by atoms with Crippen molar-refractivity contribution in [2.24, 2.45) is 0 Å². The predicted molar refractivity (Wildman–Crippen MR) is 89.9 cm³/mol. The molecule has 0 saturated carbocycles. The van der Waals surface area contributed by atoms with E-state index in [4.69, 9.17) is 9.94 Å². The van der Waals surface area contributed by atoms with E-state index >= 15 is 0 Å². The third kappa shape index (κ3) is 3.34. The second-order valence-corrected chi connectivity index (χ2v) is 5.86. The van der Waals surface area contributed by atoms with Crippen LogP contribution < -0.4 is 10.2 Å². The minimum atomic E-state index is -0.581. The van der Waals surface area contributed by atoms with Crippen LogP contribution in [0.4, 0.5) is 5.69 Å². The zero-order chi connectivity index (χ0) is 17.1. The van der Waals surface area contributed by atoms with Crippen LogP contribution in [0, 0.1) is 0 Å². The van der Waals surface area contributed by atoms with Crippen LogP contribution in [0.15, 0.2) is 42.5 Å². The van der Waals surface area contributed by atoms with Gasteiger partial charge in [-0.3, -0.25) is 15.5 Å². The lowest BCUT2D eigenvalue weighted by molar-refractivity contribution is -0.128. The summed E-state index contributed by atoms with van der Waals surface area (Å²) in [6.07, 6.45) is -0.393. The number of hydrogen-bond donors (Lipinski definition) is 3. The largest absolute Gasteiger partial charge is 0.496 e. The molecule has 1 heterocycles. The Kier molecular flexibility index (Phi) is 4.69. The minimum absolute atomic E-state index is 0.0358. The Morgan fingerprint density at radius 3 is 2.79 bits per heavy atom. The van der Waals surface area contributed by atoms with Crippen LogP contribution in [0.25, 0.3) is 11.1 Å². The summed E-state index contributed by atoms with van der Waals surface area (Å²) >= 11 is 0. The average Bonchev–Trinajstić information content (AvgIpc) is 2.92. The summed E-state index contributed by atoms with van der Waals surface area (Å²) in [4.78, 5) is 13.5. The summed E-state index contributed by atoms with van der Waals surface area (Å²) in [6, 6.07) is 13.1. The summed E-state index contributed by atoms with van der Waals surface area (Å²) in [6.45, 7) is 0.814. The number of methoxy groups -OCH3 is 1. The number of amides is 1. The molecular weight excluding hydrogens is 308 g/mol. The molecule has 1 aliphatic heterocycles. The summed E-state index contributed by atoms with van der Waals surface area (Å²) in [5, 5.41) is 18.7. The topological polar surface area (TPSA) is 82.0 Å². The Morgan fingerprint density at radius 1 is 1.29 bits per heavy atom. The van der Waals surface area contributed by atoms with Gasteiger partial charge >= 0.3 is 0 Å². The van der Waals surface area contributed by atoms with E-state index < -0.39 is 6.10 Å². The van der Waals surface area contributed by atoms with Crippen molar-refractivity contribution in [3.63, 3.8) is 0 Å². The summed E-state index contributed by atoms with van der Waals surface area (Å²) in [7, 11) is 1.60. The number of carbonyl (C=O) groups excluding carboxylic acids is 1. The molecule has 1 saturated heterocycles. The third-order valence-corrected chi connectivity index (χ3v) is 4.13. The van der Waals surface area contributed by atoms with Gasteiger partial charge in [0.05, 0.1) is 25.3 Å². The van der Waals surface area contributed by atoms with Crippen molar-refractivity contribution in [2.45, 2.75) is 19.1 Å². The van der Waals surface area contributed by atoms with Gasteiger partial charge in [-0.2, -0.15) is 0 Å². The lowest BCUT2D eigenvalue weighted by Gasteiger charge is -2.17. The molecule has 1 unspecified atom stereocenters. The maximum absolute atomic E-state index is 11.9. The number of ether oxygens (including phenoxy) is 1. The van der Waals surface area contributed by atoms with Gasteiger partial charge in [-0.25, -0.2) is 0 Å². The first-order valence-corrected chi connectivity index (χ1v) is 7.74. The van der Waals surface area contributed by atoms with E-state index in [2.05, 4.69) is 5.48 Å². The molecule has 24 heavy (non-hydrogen) atoms. The van der Waals surface area contributed by atoms with Gasteiger partial charge in [0.2, 0.25) is 5.91 Å². The van der Waals surface area contributed by atoms with Crippen LogP contribution in [0.2, 0.25) is 0 Å². The zero-order valence-corrected chi connectivity index (χ0v) is 13.4. The van der Waals surface area contributed by atoms with Crippen molar-refractivity contribution >= 4 is 11.6 Å². The monoisotopic (exact) mass is 328 g/mol. The van der Waals surface area contributed by atoms with E-state index in [0.717, 1.165) is 16.7 Å². The van der Waals surface area contributed by atoms with Crippen molar-refractivity contribution in [3.05, 3.63) is 48.0 Å². The number of nitrogens with one attached hydrogen (secondary N) is 1. The number of carbonyl (C=O) groups is 1. The van der Waals surface area contributed by atoms with Gasteiger partial charge in [0, 0.05) is 18.7 Å². The number of β-amino-alcohol motifs (C(OH)–C–C–N with tert-alkyl or cyclic N) is 1. The molecule has 2 aromatic carbocycles. The van der Waals surface area contributed by atoms with Crippen LogP contribution in [-0.4, -0.2) is 40.9 Å². The highest BCUT2D eigenvalue weighted by molar-refractivity contribution is 5.79. The van der Waals surface area contributed by atoms with Gasteiger partial charge in [0.15, 0.2) is 0 Å². The van der Waals surface area contributed by atoms with Gasteiger partial charge in [-0.1, -0.05) is 18.2 Å². The number of rotatable bonds is 5. The standard InChI is InChI=1S/C18H20N2O4/c1-24-17-6-5-12(10-20-11-15(21)9-18(20)22)7-16(17)13-3-2-4-14(8-13)19-23/h2-8,15,19,21,23H,9-11H2,1H3. The molecule has 0 radical (unpaired) electrons. The summed E-state index contributed by atoms with van der Waals surface area (Å²) < 4.78 is 5.43. The van der Waals surface area contributed by atoms with Crippen LogP contribution in [0.1, 0.15) is 12.0 Å². The predicted octanol–water partition coefficient (Wildman–Crippen LogP) is 2.26. The Balaban J connectivity index is 1.92. The number of aliphatic hydroxyl groups is 1. The quantitative estimate of drug-likeness (QED) is 0.734. The Bertz CT molecular complexity index is 748. The van der Waals surface area contributed by atoms with E-state index in [0.29, 0.717) is 24.5 Å². The maximum atomic E-state index is 11.9. The van der Waals surface area contributed by atoms with Crippen molar-refractivity contribution in [1.29, 1.82) is 0 Å². The average molecular weight is 328 g/mol. The number of anilines is 1. The molecular formula is C18H20N2O4. The molecule has 0 aromatic heterocycles. The van der Waals surface area contributed by atoms with Gasteiger partial charge in [0.1, 0.15) is 5.75 Å². The zero-order valence-electron chi connectivity index (χ0n) is 13.4. The molecule has 0 bridgehead atoms. The van der Waals surface area contributed by atoms with E-state index in [1.807, 2.05) is 36.4 Å². The summed E-state index contributed by atoms with van der Waals surface area (Å²) in [5.74, 6) is 0.674. The highest BCUT2D eigenvalue weighted by Gasteiger charge is 2.27. The summed E-state index contributed by atoms with van der Waals surface area (Å²) in [5.41, 5.74) is 5.44. The Morgan fingerprint density at radius 2 is 2.12 bits per heavy atom. The highest BCUT2D eigenvalue weighted by Crippen LogP contribution is 2.33. The molecule has 0 spiro atoms. The van der Waals surface area contributed by atoms with E-state index in [1.54, 1.807) is 18.1 Å². The second kappa shape index (κ2) is 6.90. The van der Waals surface area contributed by atoms with Gasteiger partial charge in [-0.15, -0.1) is 0 Å². The fourth-order valence-electron chi connectivity index (χ4n) is 2.96. The first-order chi connectivity index (χ1) is 11.6. The number of nitrogens with zero attached hydrogens (tertiary/aromatic N) is 1. The third-order valence-electron chi connectivity index (χ3n) is 4.13. The first-order valence-electron chi connectivity index (χ1n) is 7.74. The van der Waals surface area contributed by atoms with E-state index in [-0.39, 0.29) is 12.3 Å². The molecule has 2 aromatic rings. The molecule has 126 valence electrons. The molecule has 1 amide bonds. The molecule has 6 nitrogen and oxygen atoms in total. The molecule has 1 atom stereocenters. The van der Waals surface area contributed by atoms with E-state index in [1.165, 1.54) is 0 Å². The fraction of sp³-hybridized carbons (Fsp3) is 0.278. The normalized spacial score (nSPS) is 17.2. The smallest absolute Gasteiger partial charge is 0.225 e. The maximum Gasteiger partial charge on any atom is 0.225 e. The molecule has 1 aliphatic rings. The van der Waals surface area contributed by atoms with Crippen molar-refractivity contribution in [2.75, 3.05) is 19.1 Å². The van der Waals surface area contributed by atoms with Crippen molar-refractivity contribution in [3.8, 4) is 16.9 Å². The highest BCUT2D eigenvalue weighted by atomic mass is 16.5. The van der Waals surface area contributed by atoms with E-state index in [9.17, 15) is 9.90 Å². The van der Waals surface area contributed by atoms with Gasteiger partial charge < -0.3 is 14.7 Å². The number of benzene rings is 2. The Hall–Kier alpha value is -2.57. The number of hydrogen-bond acceptors (Lipinski definition) is 5. The SMILES string of the molecule is COc1ccc(CN2CC(O)CC2=O)cc1-c1cccc(NO)c1. The second-order valence-electron chi connectivity index (χ2n) is 5.86. The molecule has 0 aliphatic carbocycles. The fourth-order valence-corrected chi connectivity index (χ4v) is 2.96. The van der Waals surface area contributed by atoms with Crippen LogP contribution in [0.3, 0.4) is 0 Å². The lowest BCUT2D eigenvalue weighted by atomic mass is 10.0.